The fraction of sp³-hybridized carbons (Fsp3) is 0.959. The number of ether oxygens (including phenoxy) is 3. The summed E-state index contributed by atoms with van der Waals surface area (Å²) in [6.07, 6.45) is 76.9. The van der Waals surface area contributed by atoms with Crippen molar-refractivity contribution in [3.05, 3.63) is 0 Å². The molecule has 476 valence electrons. The largest absolute Gasteiger partial charge is 0.462 e. The van der Waals surface area contributed by atoms with Gasteiger partial charge in [0.1, 0.15) is 13.2 Å². The molecule has 0 fully saturated rings. The Balaban J connectivity index is 4.27. The number of carbonyl (C=O) groups excluding carboxylic acids is 3. The minimum atomic E-state index is -0.765. The zero-order valence-electron chi connectivity index (χ0n) is 55.2. The highest BCUT2D eigenvalue weighted by molar-refractivity contribution is 5.71. The fourth-order valence-corrected chi connectivity index (χ4v) is 11.7. The Bertz CT molecular complexity index is 1230. The molecule has 0 aromatic carbocycles. The Labute approximate surface area is 501 Å². The number of carbonyl (C=O) groups is 3. The van der Waals surface area contributed by atoms with E-state index in [-0.39, 0.29) is 31.1 Å². The molecule has 6 heteroatoms. The zero-order chi connectivity index (χ0) is 58.1. The van der Waals surface area contributed by atoms with Crippen LogP contribution in [0.25, 0.3) is 0 Å². The third kappa shape index (κ3) is 65.6. The van der Waals surface area contributed by atoms with Crippen LogP contribution in [0.15, 0.2) is 0 Å². The van der Waals surface area contributed by atoms with Crippen LogP contribution in [0.3, 0.4) is 0 Å². The number of unbranched alkanes of at least 4 members (excludes halogenated alkanes) is 52. The van der Waals surface area contributed by atoms with Crippen LogP contribution >= 0.6 is 0 Å². The molecular weight excluding hydrogens is 985 g/mol. The van der Waals surface area contributed by atoms with Crippen molar-refractivity contribution in [3.8, 4) is 0 Å². The second-order valence-electron chi connectivity index (χ2n) is 26.3. The molecule has 0 amide bonds. The molecule has 0 aliphatic heterocycles. The van der Waals surface area contributed by atoms with E-state index in [1.807, 2.05) is 0 Å². The van der Waals surface area contributed by atoms with Crippen molar-refractivity contribution in [2.24, 2.45) is 11.8 Å². The number of rotatable bonds is 68. The molecule has 2 atom stereocenters. The molecule has 0 bridgehead atoms. The molecule has 0 heterocycles. The highest BCUT2D eigenvalue weighted by Gasteiger charge is 2.20. The second kappa shape index (κ2) is 66.5. The predicted molar refractivity (Wildman–Crippen MR) is 349 cm³/mol. The maximum Gasteiger partial charge on any atom is 0.306 e. The summed E-state index contributed by atoms with van der Waals surface area (Å²) in [7, 11) is 0. The highest BCUT2D eigenvalue weighted by Crippen LogP contribution is 2.20. The standard InChI is InChI=1S/C74H144O6/c1-6-8-9-10-11-12-13-14-15-16-17-24-29-34-39-44-49-54-59-64-72(75)78-67-71(80-74(77)66-61-56-51-46-41-36-31-26-20-18-22-27-32-37-42-47-52-57-62-69(3)4)68-79-73(76)65-60-55-50-45-40-35-30-25-21-19-23-28-33-38-43-48-53-58-63-70(5)7-2/h69-71H,6-68H2,1-5H3/t70?,71-/m1/s1. The van der Waals surface area contributed by atoms with Crippen molar-refractivity contribution in [3.63, 3.8) is 0 Å². The number of hydrogen-bond acceptors (Lipinski definition) is 6. The van der Waals surface area contributed by atoms with Gasteiger partial charge in [-0.25, -0.2) is 0 Å². The molecule has 0 saturated carbocycles. The van der Waals surface area contributed by atoms with E-state index in [0.717, 1.165) is 69.6 Å². The van der Waals surface area contributed by atoms with Gasteiger partial charge >= 0.3 is 17.9 Å². The van der Waals surface area contributed by atoms with E-state index >= 15 is 0 Å². The molecule has 0 radical (unpaired) electrons. The maximum absolute atomic E-state index is 13.0. The van der Waals surface area contributed by atoms with Gasteiger partial charge in [0.25, 0.3) is 0 Å². The van der Waals surface area contributed by atoms with Crippen molar-refractivity contribution in [2.45, 2.75) is 432 Å². The summed E-state index contributed by atoms with van der Waals surface area (Å²) in [4.78, 5) is 38.5. The van der Waals surface area contributed by atoms with Crippen LogP contribution in [-0.2, 0) is 28.6 Å². The molecule has 0 spiro atoms. The lowest BCUT2D eigenvalue weighted by molar-refractivity contribution is -0.167. The zero-order valence-corrected chi connectivity index (χ0v) is 55.2. The molecule has 0 aromatic heterocycles. The molecule has 1 unspecified atom stereocenters. The average molecular weight is 1130 g/mol. The van der Waals surface area contributed by atoms with Crippen molar-refractivity contribution >= 4 is 17.9 Å². The Morgan fingerprint density at radius 1 is 0.263 bits per heavy atom. The molecule has 0 N–H and O–H groups in total. The first-order valence-corrected chi connectivity index (χ1v) is 36.8. The Morgan fingerprint density at radius 3 is 0.713 bits per heavy atom. The minimum Gasteiger partial charge on any atom is -0.462 e. The lowest BCUT2D eigenvalue weighted by Gasteiger charge is -2.18. The van der Waals surface area contributed by atoms with Crippen molar-refractivity contribution in [1.82, 2.24) is 0 Å². The summed E-state index contributed by atoms with van der Waals surface area (Å²) >= 11 is 0. The van der Waals surface area contributed by atoms with Crippen LogP contribution in [0.1, 0.15) is 426 Å². The molecule has 0 saturated heterocycles. The van der Waals surface area contributed by atoms with Gasteiger partial charge < -0.3 is 14.2 Å². The lowest BCUT2D eigenvalue weighted by atomic mass is 9.99. The third-order valence-electron chi connectivity index (χ3n) is 17.6. The normalized spacial score (nSPS) is 12.4. The fourth-order valence-electron chi connectivity index (χ4n) is 11.7. The van der Waals surface area contributed by atoms with E-state index in [4.69, 9.17) is 14.2 Å². The van der Waals surface area contributed by atoms with Gasteiger partial charge in [-0.1, -0.05) is 388 Å². The van der Waals surface area contributed by atoms with Gasteiger partial charge in [0, 0.05) is 19.3 Å². The van der Waals surface area contributed by atoms with Crippen molar-refractivity contribution < 1.29 is 28.6 Å². The Morgan fingerprint density at radius 2 is 0.475 bits per heavy atom. The topological polar surface area (TPSA) is 78.9 Å². The lowest BCUT2D eigenvalue weighted by Crippen LogP contribution is -2.30. The molecule has 6 nitrogen and oxygen atoms in total. The van der Waals surface area contributed by atoms with E-state index in [2.05, 4.69) is 34.6 Å². The minimum absolute atomic E-state index is 0.0608. The second-order valence-corrected chi connectivity index (χ2v) is 26.3. The summed E-state index contributed by atoms with van der Waals surface area (Å²) in [5, 5.41) is 0. The maximum atomic E-state index is 13.0. The Hall–Kier alpha value is -1.59. The third-order valence-corrected chi connectivity index (χ3v) is 17.6. The summed E-state index contributed by atoms with van der Waals surface area (Å²) in [5.41, 5.74) is 0. The van der Waals surface area contributed by atoms with E-state index in [1.54, 1.807) is 0 Å². The van der Waals surface area contributed by atoms with Crippen LogP contribution in [0.5, 0.6) is 0 Å². The van der Waals surface area contributed by atoms with Crippen LogP contribution in [0, 0.1) is 11.8 Å². The molecule has 0 aliphatic carbocycles. The smallest absolute Gasteiger partial charge is 0.306 e. The van der Waals surface area contributed by atoms with Crippen LogP contribution in [0.2, 0.25) is 0 Å². The van der Waals surface area contributed by atoms with E-state index < -0.39 is 6.10 Å². The monoisotopic (exact) mass is 1130 g/mol. The predicted octanol–water partition coefficient (Wildman–Crippen LogP) is 25.1. The highest BCUT2D eigenvalue weighted by atomic mass is 16.6. The molecule has 80 heavy (non-hydrogen) atoms. The number of hydrogen-bond donors (Lipinski definition) is 0. The van der Waals surface area contributed by atoms with E-state index in [0.29, 0.717) is 19.3 Å². The Kier molecular flexibility index (Phi) is 65.2. The summed E-state index contributed by atoms with van der Waals surface area (Å²) < 4.78 is 17.1. The first kappa shape index (κ1) is 78.4. The molecule has 0 aromatic rings. The van der Waals surface area contributed by atoms with Crippen LogP contribution in [0.4, 0.5) is 0 Å². The van der Waals surface area contributed by atoms with E-state index in [1.165, 1.54) is 315 Å². The number of esters is 3. The van der Waals surface area contributed by atoms with E-state index in [9.17, 15) is 14.4 Å². The quantitative estimate of drug-likeness (QED) is 0.0343. The summed E-state index contributed by atoms with van der Waals surface area (Å²) in [6, 6.07) is 0. The average Bonchev–Trinajstić information content (AvgIpc) is 3.45. The van der Waals surface area contributed by atoms with Gasteiger partial charge in [0.05, 0.1) is 0 Å². The van der Waals surface area contributed by atoms with Gasteiger partial charge in [-0.15, -0.1) is 0 Å². The molecule has 0 aliphatic rings. The van der Waals surface area contributed by atoms with Gasteiger partial charge in [0.2, 0.25) is 0 Å². The van der Waals surface area contributed by atoms with Gasteiger partial charge in [-0.3, -0.25) is 14.4 Å². The van der Waals surface area contributed by atoms with Gasteiger partial charge in [-0.2, -0.15) is 0 Å². The first-order valence-electron chi connectivity index (χ1n) is 36.8. The first-order chi connectivity index (χ1) is 39.3. The summed E-state index contributed by atoms with van der Waals surface area (Å²) in [5.74, 6) is 0.948. The SMILES string of the molecule is CCCCCCCCCCCCCCCCCCCCCC(=O)OC[C@H](COC(=O)CCCCCCCCCCCCCCCCCCCCC(C)CC)OC(=O)CCCCCCCCCCCCCCCCCCCCC(C)C. The summed E-state index contributed by atoms with van der Waals surface area (Å²) in [6.45, 7) is 11.5. The molecule has 0 rings (SSSR count). The van der Waals surface area contributed by atoms with Gasteiger partial charge in [-0.05, 0) is 31.1 Å². The van der Waals surface area contributed by atoms with Crippen molar-refractivity contribution in [1.29, 1.82) is 0 Å². The van der Waals surface area contributed by atoms with Crippen LogP contribution in [-0.4, -0.2) is 37.2 Å². The van der Waals surface area contributed by atoms with Crippen LogP contribution < -0.4 is 0 Å². The van der Waals surface area contributed by atoms with Crippen molar-refractivity contribution in [2.75, 3.05) is 13.2 Å². The van der Waals surface area contributed by atoms with Gasteiger partial charge in [0.15, 0.2) is 6.10 Å². The molecular formula is C74H144O6.